The minimum absolute atomic E-state index is 0.0525. The quantitative estimate of drug-likeness (QED) is 0.806. The predicted octanol–water partition coefficient (Wildman–Crippen LogP) is 3.05. The van der Waals surface area contributed by atoms with Crippen LogP contribution >= 0.6 is 0 Å². The van der Waals surface area contributed by atoms with Crippen molar-refractivity contribution < 1.29 is 14.6 Å². The fraction of sp³-hybridized carbons (Fsp3) is 0.600. The second-order valence-corrected chi connectivity index (χ2v) is 6.76. The standard InChI is InChI=1S/C20H28N2O3/c1-16-15-17(8-12-21-16)6-7-18-5-3-4-9-20(18,11-14-23)10-13-22-19(24)25-2/h8,12,15,18,23H,3-5,9-11,13-14H2,1-2H3,(H,22,24). The van der Waals surface area contributed by atoms with Crippen LogP contribution < -0.4 is 5.32 Å². The highest BCUT2D eigenvalue weighted by molar-refractivity contribution is 5.66. The minimum Gasteiger partial charge on any atom is -0.453 e. The lowest BCUT2D eigenvalue weighted by Gasteiger charge is -2.42. The molecule has 2 rings (SSSR count). The van der Waals surface area contributed by atoms with E-state index in [0.29, 0.717) is 13.0 Å². The summed E-state index contributed by atoms with van der Waals surface area (Å²) >= 11 is 0. The highest BCUT2D eigenvalue weighted by atomic mass is 16.5. The fourth-order valence-electron chi connectivity index (χ4n) is 3.76. The third-order valence-corrected chi connectivity index (χ3v) is 5.13. The zero-order chi connectivity index (χ0) is 18.1. The number of aliphatic hydroxyl groups is 1. The Morgan fingerprint density at radius 2 is 2.32 bits per heavy atom. The number of rotatable bonds is 5. The molecule has 5 nitrogen and oxygen atoms in total. The van der Waals surface area contributed by atoms with Crippen molar-refractivity contribution in [3.63, 3.8) is 0 Å². The lowest BCUT2D eigenvalue weighted by atomic mass is 9.63. The molecule has 1 aromatic rings. The van der Waals surface area contributed by atoms with E-state index in [4.69, 9.17) is 0 Å². The molecule has 1 heterocycles. The number of hydrogen-bond acceptors (Lipinski definition) is 4. The highest BCUT2D eigenvalue weighted by Crippen LogP contribution is 2.46. The molecule has 0 saturated heterocycles. The molecule has 2 atom stereocenters. The van der Waals surface area contributed by atoms with Gasteiger partial charge in [0.15, 0.2) is 0 Å². The molecular formula is C20H28N2O3. The van der Waals surface area contributed by atoms with Gasteiger partial charge in [0, 0.05) is 36.5 Å². The Balaban J connectivity index is 2.15. The van der Waals surface area contributed by atoms with E-state index >= 15 is 0 Å². The van der Waals surface area contributed by atoms with Gasteiger partial charge in [-0.2, -0.15) is 0 Å². The van der Waals surface area contributed by atoms with Gasteiger partial charge in [-0.15, -0.1) is 0 Å². The first-order valence-corrected chi connectivity index (χ1v) is 8.96. The average Bonchev–Trinajstić information content (AvgIpc) is 2.61. The third kappa shape index (κ3) is 5.47. The maximum absolute atomic E-state index is 11.3. The molecule has 0 bridgehead atoms. The number of nitrogens with one attached hydrogen (secondary N) is 1. The Bertz CT molecular complexity index is 631. The largest absolute Gasteiger partial charge is 0.453 e. The molecule has 1 aromatic heterocycles. The summed E-state index contributed by atoms with van der Waals surface area (Å²) in [6, 6.07) is 3.91. The molecule has 2 unspecified atom stereocenters. The SMILES string of the molecule is COC(=O)NCCC1(CCO)CCCCC1C#Cc1ccnc(C)c1. The minimum atomic E-state index is -0.412. The van der Waals surface area contributed by atoms with Gasteiger partial charge in [0.1, 0.15) is 0 Å². The monoisotopic (exact) mass is 344 g/mol. The number of pyridine rings is 1. The van der Waals surface area contributed by atoms with Crippen LogP contribution in [-0.2, 0) is 4.74 Å². The smallest absolute Gasteiger partial charge is 0.406 e. The van der Waals surface area contributed by atoms with E-state index in [-0.39, 0.29) is 17.9 Å². The van der Waals surface area contributed by atoms with Gasteiger partial charge >= 0.3 is 6.09 Å². The molecule has 0 radical (unpaired) electrons. The van der Waals surface area contributed by atoms with Gasteiger partial charge in [-0.25, -0.2) is 4.79 Å². The van der Waals surface area contributed by atoms with Crippen LogP contribution in [-0.4, -0.2) is 36.4 Å². The van der Waals surface area contributed by atoms with Crippen LogP contribution in [0.1, 0.15) is 49.8 Å². The zero-order valence-electron chi connectivity index (χ0n) is 15.2. The first-order chi connectivity index (χ1) is 12.1. The summed E-state index contributed by atoms with van der Waals surface area (Å²) in [6.07, 6.45) is 7.26. The van der Waals surface area contributed by atoms with E-state index in [1.165, 1.54) is 7.11 Å². The second-order valence-electron chi connectivity index (χ2n) is 6.76. The highest BCUT2D eigenvalue weighted by Gasteiger charge is 2.39. The van der Waals surface area contributed by atoms with Gasteiger partial charge in [-0.1, -0.05) is 24.7 Å². The Morgan fingerprint density at radius 1 is 1.48 bits per heavy atom. The summed E-state index contributed by atoms with van der Waals surface area (Å²) in [4.78, 5) is 15.5. The van der Waals surface area contributed by atoms with Crippen molar-refractivity contribution in [3.05, 3.63) is 29.6 Å². The summed E-state index contributed by atoms with van der Waals surface area (Å²) in [5.41, 5.74) is 1.88. The summed E-state index contributed by atoms with van der Waals surface area (Å²) in [7, 11) is 1.37. The van der Waals surface area contributed by atoms with Crippen molar-refractivity contribution in [2.24, 2.45) is 11.3 Å². The number of amides is 1. The van der Waals surface area contributed by atoms with Gasteiger partial charge in [0.2, 0.25) is 0 Å². The summed E-state index contributed by atoms with van der Waals surface area (Å²) in [6.45, 7) is 2.64. The number of carbonyl (C=O) groups is 1. The number of carbonyl (C=O) groups excluding carboxylic acids is 1. The summed E-state index contributed by atoms with van der Waals surface area (Å²) < 4.78 is 4.64. The molecular weight excluding hydrogens is 316 g/mol. The van der Waals surface area contributed by atoms with Crippen LogP contribution in [0.4, 0.5) is 4.79 Å². The van der Waals surface area contributed by atoms with Gasteiger partial charge in [0.05, 0.1) is 7.11 Å². The number of alkyl carbamates (subject to hydrolysis) is 1. The number of methoxy groups -OCH3 is 1. The van der Waals surface area contributed by atoms with E-state index in [9.17, 15) is 9.90 Å². The van der Waals surface area contributed by atoms with Gasteiger partial charge in [-0.3, -0.25) is 4.98 Å². The van der Waals surface area contributed by atoms with E-state index < -0.39 is 6.09 Å². The first kappa shape index (κ1) is 19.3. The van der Waals surface area contributed by atoms with Crippen LogP contribution in [0.15, 0.2) is 18.3 Å². The molecule has 25 heavy (non-hydrogen) atoms. The normalized spacial score (nSPS) is 22.6. The van der Waals surface area contributed by atoms with Crippen LogP contribution in [0.3, 0.4) is 0 Å². The van der Waals surface area contributed by atoms with Crippen molar-refractivity contribution in [3.8, 4) is 11.8 Å². The molecule has 1 fully saturated rings. The Kier molecular flexibility index (Phi) is 7.27. The van der Waals surface area contributed by atoms with Crippen molar-refractivity contribution in [1.82, 2.24) is 10.3 Å². The van der Waals surface area contributed by atoms with Crippen molar-refractivity contribution in [2.75, 3.05) is 20.3 Å². The molecule has 1 aliphatic carbocycles. The number of ether oxygens (including phenoxy) is 1. The van der Waals surface area contributed by atoms with Gasteiger partial charge < -0.3 is 15.2 Å². The molecule has 2 N–H and O–H groups in total. The van der Waals surface area contributed by atoms with Crippen LogP contribution in [0.25, 0.3) is 0 Å². The lowest BCUT2D eigenvalue weighted by molar-refractivity contribution is 0.0799. The topological polar surface area (TPSA) is 71.5 Å². The molecule has 136 valence electrons. The van der Waals surface area contributed by atoms with E-state index in [2.05, 4.69) is 26.9 Å². The second kappa shape index (κ2) is 9.43. The van der Waals surface area contributed by atoms with E-state index in [1.807, 2.05) is 19.1 Å². The van der Waals surface area contributed by atoms with Crippen LogP contribution in [0.2, 0.25) is 0 Å². The van der Waals surface area contributed by atoms with E-state index in [0.717, 1.165) is 43.4 Å². The molecule has 1 amide bonds. The van der Waals surface area contributed by atoms with Crippen LogP contribution in [0, 0.1) is 30.1 Å². The molecule has 0 aliphatic heterocycles. The predicted molar refractivity (Wildman–Crippen MR) is 97.0 cm³/mol. The molecule has 1 saturated carbocycles. The molecule has 0 spiro atoms. The molecule has 5 heteroatoms. The first-order valence-electron chi connectivity index (χ1n) is 8.96. The molecule has 0 aromatic carbocycles. The molecule has 1 aliphatic rings. The maximum Gasteiger partial charge on any atom is 0.406 e. The summed E-state index contributed by atoms with van der Waals surface area (Å²) in [5.74, 6) is 6.98. The van der Waals surface area contributed by atoms with E-state index in [1.54, 1.807) is 6.20 Å². The fourth-order valence-corrected chi connectivity index (χ4v) is 3.76. The maximum atomic E-state index is 11.3. The number of hydrogen-bond donors (Lipinski definition) is 2. The van der Waals surface area contributed by atoms with Crippen molar-refractivity contribution in [1.29, 1.82) is 0 Å². The Labute approximate surface area is 150 Å². The van der Waals surface area contributed by atoms with Gasteiger partial charge in [-0.05, 0) is 50.2 Å². The average molecular weight is 344 g/mol. The summed E-state index contributed by atoms with van der Waals surface area (Å²) in [5, 5.41) is 12.4. The van der Waals surface area contributed by atoms with Crippen molar-refractivity contribution >= 4 is 6.09 Å². The number of nitrogens with zero attached hydrogens (tertiary/aromatic N) is 1. The lowest BCUT2D eigenvalue weighted by Crippen LogP contribution is -2.38. The number of aromatic nitrogens is 1. The van der Waals surface area contributed by atoms with Crippen LogP contribution in [0.5, 0.6) is 0 Å². The van der Waals surface area contributed by atoms with Crippen molar-refractivity contribution in [2.45, 2.75) is 45.4 Å². The Morgan fingerprint density at radius 3 is 3.04 bits per heavy atom. The Hall–Kier alpha value is -2.06. The number of aliphatic hydroxyl groups excluding tert-OH is 1. The third-order valence-electron chi connectivity index (χ3n) is 5.13. The zero-order valence-corrected chi connectivity index (χ0v) is 15.2. The van der Waals surface area contributed by atoms with Gasteiger partial charge in [0.25, 0.3) is 0 Å². The number of aryl methyl sites for hydroxylation is 1.